The molecule has 5 rings (SSSR count). The molecular formula is C27H20N2O2. The van der Waals surface area contributed by atoms with Crippen molar-refractivity contribution in [2.75, 3.05) is 0 Å². The van der Waals surface area contributed by atoms with Crippen molar-refractivity contribution in [3.05, 3.63) is 108 Å². The van der Waals surface area contributed by atoms with Crippen molar-refractivity contribution in [3.8, 4) is 34.2 Å². The maximum Gasteiger partial charge on any atom is 0.248 e. The molecule has 0 N–H and O–H groups in total. The fraction of sp³-hybridized carbons (Fsp3) is 0.0370. The van der Waals surface area contributed by atoms with E-state index in [4.69, 9.17) is 8.83 Å². The topological polar surface area (TPSA) is 52.1 Å². The van der Waals surface area contributed by atoms with E-state index in [9.17, 15) is 0 Å². The predicted octanol–water partition coefficient (Wildman–Crippen LogP) is 7.14. The van der Waals surface area contributed by atoms with Crippen LogP contribution in [0, 0.1) is 6.92 Å². The van der Waals surface area contributed by atoms with E-state index in [2.05, 4.69) is 41.4 Å². The van der Waals surface area contributed by atoms with Crippen LogP contribution in [0.15, 0.2) is 99.8 Å². The SMILES string of the molecule is Cc1ccc(-c2ccc(C=Cc3ccc(-c4nnc(-c5ccccc5)o4)cc3)o2)cc1. The number of hydrogen-bond donors (Lipinski definition) is 0. The number of benzene rings is 3. The van der Waals surface area contributed by atoms with E-state index in [0.717, 1.165) is 33.8 Å². The molecule has 0 fully saturated rings. The first-order valence-electron chi connectivity index (χ1n) is 10.1. The molecule has 3 aromatic carbocycles. The molecule has 0 aliphatic carbocycles. The smallest absolute Gasteiger partial charge is 0.248 e. The molecule has 4 nitrogen and oxygen atoms in total. The molecule has 0 bridgehead atoms. The molecule has 150 valence electrons. The van der Waals surface area contributed by atoms with Gasteiger partial charge in [0.15, 0.2) is 0 Å². The lowest BCUT2D eigenvalue weighted by atomic mass is 10.1. The fourth-order valence-corrected chi connectivity index (χ4v) is 3.27. The van der Waals surface area contributed by atoms with Crippen LogP contribution in [0.1, 0.15) is 16.9 Å². The molecule has 31 heavy (non-hydrogen) atoms. The van der Waals surface area contributed by atoms with Crippen LogP contribution < -0.4 is 0 Å². The first kappa shape index (κ1) is 18.8. The van der Waals surface area contributed by atoms with E-state index in [1.807, 2.05) is 78.9 Å². The van der Waals surface area contributed by atoms with Crippen molar-refractivity contribution in [2.45, 2.75) is 6.92 Å². The third kappa shape index (κ3) is 4.23. The van der Waals surface area contributed by atoms with Crippen LogP contribution >= 0.6 is 0 Å². The van der Waals surface area contributed by atoms with Gasteiger partial charge in [-0.15, -0.1) is 10.2 Å². The molecular weight excluding hydrogens is 384 g/mol. The molecule has 0 atom stereocenters. The molecule has 0 unspecified atom stereocenters. The highest BCUT2D eigenvalue weighted by molar-refractivity contribution is 5.70. The minimum Gasteiger partial charge on any atom is -0.457 e. The van der Waals surface area contributed by atoms with Gasteiger partial charge in [-0.3, -0.25) is 0 Å². The van der Waals surface area contributed by atoms with E-state index in [0.29, 0.717) is 11.8 Å². The van der Waals surface area contributed by atoms with E-state index in [1.54, 1.807) is 0 Å². The number of nitrogens with zero attached hydrogens (tertiary/aromatic N) is 2. The molecule has 5 aromatic rings. The van der Waals surface area contributed by atoms with Gasteiger partial charge in [-0.25, -0.2) is 0 Å². The number of aromatic nitrogens is 2. The van der Waals surface area contributed by atoms with E-state index in [1.165, 1.54) is 5.56 Å². The van der Waals surface area contributed by atoms with Gasteiger partial charge in [0.25, 0.3) is 0 Å². The third-order valence-corrected chi connectivity index (χ3v) is 5.01. The molecule has 4 heteroatoms. The van der Waals surface area contributed by atoms with Crippen molar-refractivity contribution in [3.63, 3.8) is 0 Å². The predicted molar refractivity (Wildman–Crippen MR) is 123 cm³/mol. The Kier molecular flexibility index (Phi) is 5.03. The zero-order valence-electron chi connectivity index (χ0n) is 17.0. The van der Waals surface area contributed by atoms with Gasteiger partial charge in [-0.2, -0.15) is 0 Å². The Morgan fingerprint density at radius 3 is 1.94 bits per heavy atom. The minimum absolute atomic E-state index is 0.503. The molecule has 2 heterocycles. The number of rotatable bonds is 5. The van der Waals surface area contributed by atoms with Crippen molar-refractivity contribution in [2.24, 2.45) is 0 Å². The zero-order valence-corrected chi connectivity index (χ0v) is 17.0. The Morgan fingerprint density at radius 2 is 1.23 bits per heavy atom. The normalized spacial score (nSPS) is 11.3. The zero-order chi connectivity index (χ0) is 21.0. The van der Waals surface area contributed by atoms with Gasteiger partial charge in [0.05, 0.1) is 0 Å². The highest BCUT2D eigenvalue weighted by Crippen LogP contribution is 2.25. The van der Waals surface area contributed by atoms with Gasteiger partial charge in [0.1, 0.15) is 11.5 Å². The number of aryl methyl sites for hydroxylation is 1. The maximum atomic E-state index is 5.95. The van der Waals surface area contributed by atoms with E-state index in [-0.39, 0.29) is 0 Å². The summed E-state index contributed by atoms with van der Waals surface area (Å²) < 4.78 is 11.8. The second-order valence-corrected chi connectivity index (χ2v) is 7.30. The summed E-state index contributed by atoms with van der Waals surface area (Å²) in [5.74, 6) is 2.69. The van der Waals surface area contributed by atoms with Crippen LogP contribution in [-0.2, 0) is 0 Å². The largest absolute Gasteiger partial charge is 0.457 e. The summed E-state index contributed by atoms with van der Waals surface area (Å²) in [5.41, 5.74) is 5.15. The Hall–Kier alpha value is -4.18. The van der Waals surface area contributed by atoms with Crippen molar-refractivity contribution < 1.29 is 8.83 Å². The summed E-state index contributed by atoms with van der Waals surface area (Å²) in [6.45, 7) is 2.08. The second kappa shape index (κ2) is 8.28. The quantitative estimate of drug-likeness (QED) is 0.312. The first-order chi connectivity index (χ1) is 15.2. The standard InChI is InChI=1S/C27H20N2O2/c1-19-7-12-21(13-8-19)25-18-17-24(30-25)16-11-20-9-14-23(15-10-20)27-29-28-26(31-27)22-5-3-2-4-6-22/h2-18H,1H3. The van der Waals surface area contributed by atoms with Gasteiger partial charge < -0.3 is 8.83 Å². The van der Waals surface area contributed by atoms with Crippen LogP contribution in [-0.4, -0.2) is 10.2 Å². The summed E-state index contributed by atoms with van der Waals surface area (Å²) in [6, 6.07) is 30.0. The molecule has 2 aromatic heterocycles. The average Bonchev–Trinajstić information content (AvgIpc) is 3.50. The maximum absolute atomic E-state index is 5.95. The average molecular weight is 404 g/mol. The van der Waals surface area contributed by atoms with Crippen LogP contribution in [0.25, 0.3) is 46.4 Å². The lowest BCUT2D eigenvalue weighted by Gasteiger charge is -1.98. The molecule has 0 saturated heterocycles. The second-order valence-electron chi connectivity index (χ2n) is 7.30. The molecule has 0 spiro atoms. The highest BCUT2D eigenvalue weighted by atomic mass is 16.4. The summed E-state index contributed by atoms with van der Waals surface area (Å²) >= 11 is 0. The monoisotopic (exact) mass is 404 g/mol. The third-order valence-electron chi connectivity index (χ3n) is 5.01. The number of furan rings is 1. The summed E-state index contributed by atoms with van der Waals surface area (Å²) in [5, 5.41) is 8.32. The van der Waals surface area contributed by atoms with Gasteiger partial charge >= 0.3 is 0 Å². The van der Waals surface area contributed by atoms with Crippen LogP contribution in [0.3, 0.4) is 0 Å². The van der Waals surface area contributed by atoms with E-state index < -0.39 is 0 Å². The Morgan fingerprint density at radius 1 is 0.581 bits per heavy atom. The molecule has 0 aliphatic rings. The van der Waals surface area contributed by atoms with Crippen LogP contribution in [0.2, 0.25) is 0 Å². The van der Waals surface area contributed by atoms with Crippen molar-refractivity contribution in [1.82, 2.24) is 10.2 Å². The van der Waals surface area contributed by atoms with Gasteiger partial charge in [-0.1, -0.05) is 66.2 Å². The van der Waals surface area contributed by atoms with Crippen LogP contribution in [0.4, 0.5) is 0 Å². The minimum atomic E-state index is 0.503. The molecule has 0 aliphatic heterocycles. The molecule has 0 saturated carbocycles. The fourth-order valence-electron chi connectivity index (χ4n) is 3.27. The Bertz CT molecular complexity index is 1310. The highest BCUT2D eigenvalue weighted by Gasteiger charge is 2.10. The number of hydrogen-bond acceptors (Lipinski definition) is 4. The van der Waals surface area contributed by atoms with Gasteiger partial charge in [-0.05, 0) is 55.0 Å². The lowest BCUT2D eigenvalue weighted by molar-refractivity contribution is 0.572. The summed E-state index contributed by atoms with van der Waals surface area (Å²) in [4.78, 5) is 0. The summed E-state index contributed by atoms with van der Waals surface area (Å²) in [6.07, 6.45) is 3.98. The van der Waals surface area contributed by atoms with Crippen LogP contribution in [0.5, 0.6) is 0 Å². The van der Waals surface area contributed by atoms with Crippen molar-refractivity contribution >= 4 is 12.2 Å². The Labute approximate surface area is 180 Å². The molecule has 0 amide bonds. The summed E-state index contributed by atoms with van der Waals surface area (Å²) in [7, 11) is 0. The van der Waals surface area contributed by atoms with E-state index >= 15 is 0 Å². The molecule has 0 radical (unpaired) electrons. The van der Waals surface area contributed by atoms with Crippen molar-refractivity contribution in [1.29, 1.82) is 0 Å². The Balaban J connectivity index is 1.29. The van der Waals surface area contributed by atoms with Gasteiger partial charge in [0.2, 0.25) is 11.8 Å². The lowest BCUT2D eigenvalue weighted by Crippen LogP contribution is -1.78. The first-order valence-corrected chi connectivity index (χ1v) is 10.1. The van der Waals surface area contributed by atoms with Gasteiger partial charge in [0, 0.05) is 16.7 Å².